The van der Waals surface area contributed by atoms with Crippen molar-refractivity contribution in [2.24, 2.45) is 0 Å². The van der Waals surface area contributed by atoms with E-state index in [1.807, 2.05) is 0 Å². The number of hydrogen-bond donors (Lipinski definition) is 1. The zero-order valence-corrected chi connectivity index (χ0v) is 10.7. The van der Waals surface area contributed by atoms with E-state index in [0.29, 0.717) is 19.3 Å². The number of Topliss-reactive ketones (excluding diaryl/α,β-unsaturated/α-hetero) is 1. The maximum atomic E-state index is 11.7. The average molecular weight is 264 g/mol. The highest BCUT2D eigenvalue weighted by atomic mass is 16.5. The van der Waals surface area contributed by atoms with Crippen molar-refractivity contribution in [3.8, 4) is 0 Å². The predicted molar refractivity (Wildman–Crippen MR) is 68.2 cm³/mol. The second-order valence-corrected chi connectivity index (χ2v) is 4.15. The summed E-state index contributed by atoms with van der Waals surface area (Å²) in [7, 11) is 0. The van der Waals surface area contributed by atoms with Crippen LogP contribution >= 0.6 is 0 Å². The summed E-state index contributed by atoms with van der Waals surface area (Å²) in [5.41, 5.74) is -0.0298. The zero-order valence-electron chi connectivity index (χ0n) is 10.7. The number of aromatic carboxylic acids is 1. The van der Waals surface area contributed by atoms with Gasteiger partial charge in [-0.15, -0.1) is 0 Å². The van der Waals surface area contributed by atoms with E-state index in [1.165, 1.54) is 19.1 Å². The lowest BCUT2D eigenvalue weighted by atomic mass is 10.1. The number of esters is 1. The Hall–Kier alpha value is -2.17. The van der Waals surface area contributed by atoms with Gasteiger partial charge in [-0.1, -0.05) is 12.1 Å². The minimum absolute atomic E-state index is 0.0431. The molecule has 1 rings (SSSR count). The second-order valence-electron chi connectivity index (χ2n) is 4.15. The molecule has 0 spiro atoms. The van der Waals surface area contributed by atoms with Crippen LogP contribution in [0.4, 0.5) is 0 Å². The lowest BCUT2D eigenvalue weighted by molar-refractivity contribution is -0.117. The van der Waals surface area contributed by atoms with Crippen molar-refractivity contribution in [3.05, 3.63) is 35.4 Å². The molecule has 0 saturated carbocycles. The Morgan fingerprint density at radius 3 is 2.32 bits per heavy atom. The summed E-state index contributed by atoms with van der Waals surface area (Å²) in [5.74, 6) is -1.72. The fourth-order valence-corrected chi connectivity index (χ4v) is 1.57. The molecule has 102 valence electrons. The largest absolute Gasteiger partial charge is 0.478 e. The first-order chi connectivity index (χ1) is 9.02. The molecule has 0 saturated heterocycles. The Morgan fingerprint density at radius 1 is 1.11 bits per heavy atom. The number of ether oxygens (including phenoxy) is 1. The number of unbranched alkanes of at least 4 members (excludes halogenated alkanes) is 1. The summed E-state index contributed by atoms with van der Waals surface area (Å²) in [5, 5.41) is 8.94. The van der Waals surface area contributed by atoms with Crippen molar-refractivity contribution in [3.63, 3.8) is 0 Å². The molecule has 0 unspecified atom stereocenters. The molecular formula is C14H16O5. The highest BCUT2D eigenvalue weighted by Gasteiger charge is 2.16. The molecular weight excluding hydrogens is 248 g/mol. The molecule has 0 radical (unpaired) electrons. The third kappa shape index (κ3) is 4.91. The molecule has 0 aliphatic carbocycles. The van der Waals surface area contributed by atoms with Gasteiger partial charge >= 0.3 is 11.9 Å². The Kier molecular flexibility index (Phi) is 5.73. The predicted octanol–water partition coefficient (Wildman–Crippen LogP) is 2.30. The normalized spacial score (nSPS) is 9.95. The molecule has 0 amide bonds. The lowest BCUT2D eigenvalue weighted by Crippen LogP contribution is -2.12. The minimum Gasteiger partial charge on any atom is -0.478 e. The molecule has 0 atom stereocenters. The van der Waals surface area contributed by atoms with Crippen LogP contribution in [-0.4, -0.2) is 29.4 Å². The van der Waals surface area contributed by atoms with Crippen LogP contribution in [0.1, 0.15) is 46.9 Å². The van der Waals surface area contributed by atoms with Crippen LogP contribution < -0.4 is 0 Å². The molecule has 5 nitrogen and oxygen atoms in total. The van der Waals surface area contributed by atoms with Crippen LogP contribution in [0, 0.1) is 0 Å². The molecule has 0 bridgehead atoms. The molecule has 1 N–H and O–H groups in total. The average Bonchev–Trinajstić information content (AvgIpc) is 2.37. The first-order valence-corrected chi connectivity index (χ1v) is 6.01. The van der Waals surface area contributed by atoms with Gasteiger partial charge in [-0.05, 0) is 31.9 Å². The number of carbonyl (C=O) groups is 3. The zero-order chi connectivity index (χ0) is 14.3. The summed E-state index contributed by atoms with van der Waals surface area (Å²) < 4.78 is 4.99. The molecule has 0 aliphatic heterocycles. The summed E-state index contributed by atoms with van der Waals surface area (Å²) in [6.07, 6.45) is 1.70. The molecule has 19 heavy (non-hydrogen) atoms. The smallest absolute Gasteiger partial charge is 0.339 e. The highest BCUT2D eigenvalue weighted by molar-refractivity contribution is 6.02. The van der Waals surface area contributed by atoms with Crippen LogP contribution in [0.2, 0.25) is 0 Å². The maximum Gasteiger partial charge on any atom is 0.339 e. The fourth-order valence-electron chi connectivity index (χ4n) is 1.57. The summed E-state index contributed by atoms with van der Waals surface area (Å²) in [6.45, 7) is 1.69. The van der Waals surface area contributed by atoms with E-state index in [4.69, 9.17) is 9.84 Å². The van der Waals surface area contributed by atoms with Crippen molar-refractivity contribution in [2.45, 2.75) is 26.2 Å². The Morgan fingerprint density at radius 2 is 1.74 bits per heavy atom. The third-order valence-corrected chi connectivity index (χ3v) is 2.53. The van der Waals surface area contributed by atoms with E-state index < -0.39 is 11.9 Å². The number of ketones is 1. The number of carboxylic acid groups (broad SMARTS) is 1. The van der Waals surface area contributed by atoms with Crippen LogP contribution in [-0.2, 0) is 9.53 Å². The van der Waals surface area contributed by atoms with E-state index in [-0.39, 0.29) is 23.5 Å². The van der Waals surface area contributed by atoms with Gasteiger partial charge in [0.15, 0.2) is 0 Å². The Labute approximate surface area is 111 Å². The fraction of sp³-hybridized carbons (Fsp3) is 0.357. The van der Waals surface area contributed by atoms with Crippen LogP contribution in [0.3, 0.4) is 0 Å². The summed E-state index contributed by atoms with van der Waals surface area (Å²) in [4.78, 5) is 33.4. The summed E-state index contributed by atoms with van der Waals surface area (Å²) in [6, 6.07) is 5.90. The van der Waals surface area contributed by atoms with E-state index in [2.05, 4.69) is 0 Å². The van der Waals surface area contributed by atoms with Crippen LogP contribution in [0.25, 0.3) is 0 Å². The molecule has 1 aromatic rings. The van der Waals surface area contributed by atoms with Gasteiger partial charge in [-0.3, -0.25) is 0 Å². The van der Waals surface area contributed by atoms with Crippen LogP contribution in [0.15, 0.2) is 24.3 Å². The van der Waals surface area contributed by atoms with Crippen molar-refractivity contribution in [1.29, 1.82) is 0 Å². The quantitative estimate of drug-likeness (QED) is 0.603. The van der Waals surface area contributed by atoms with E-state index >= 15 is 0 Å². The van der Waals surface area contributed by atoms with E-state index in [0.717, 1.165) is 0 Å². The van der Waals surface area contributed by atoms with Gasteiger partial charge in [-0.2, -0.15) is 0 Å². The molecule has 0 fully saturated rings. The number of carboxylic acids is 1. The van der Waals surface area contributed by atoms with Crippen molar-refractivity contribution < 1.29 is 24.2 Å². The minimum atomic E-state index is -1.16. The van der Waals surface area contributed by atoms with Crippen molar-refractivity contribution in [1.82, 2.24) is 0 Å². The van der Waals surface area contributed by atoms with Crippen molar-refractivity contribution in [2.75, 3.05) is 6.61 Å². The standard InChI is InChI=1S/C14H16O5/c1-10(15)6-4-5-9-19-14(18)12-8-3-2-7-11(12)13(16)17/h2-3,7-8H,4-6,9H2,1H3,(H,16,17). The number of rotatable bonds is 7. The first-order valence-electron chi connectivity index (χ1n) is 6.01. The highest BCUT2D eigenvalue weighted by Crippen LogP contribution is 2.10. The van der Waals surface area contributed by atoms with Crippen LogP contribution in [0.5, 0.6) is 0 Å². The lowest BCUT2D eigenvalue weighted by Gasteiger charge is -2.06. The summed E-state index contributed by atoms with van der Waals surface area (Å²) >= 11 is 0. The first kappa shape index (κ1) is 14.9. The van der Waals surface area contributed by atoms with E-state index in [9.17, 15) is 14.4 Å². The van der Waals surface area contributed by atoms with Gasteiger partial charge in [0.1, 0.15) is 5.78 Å². The van der Waals surface area contributed by atoms with Gasteiger partial charge in [0.25, 0.3) is 0 Å². The number of benzene rings is 1. The van der Waals surface area contributed by atoms with Gasteiger partial charge in [-0.25, -0.2) is 9.59 Å². The molecule has 0 heterocycles. The topological polar surface area (TPSA) is 80.7 Å². The monoisotopic (exact) mass is 264 g/mol. The van der Waals surface area contributed by atoms with Gasteiger partial charge < -0.3 is 14.6 Å². The van der Waals surface area contributed by atoms with Gasteiger partial charge in [0.05, 0.1) is 17.7 Å². The molecule has 0 aliphatic rings. The molecule has 1 aromatic carbocycles. The Balaban J connectivity index is 2.50. The third-order valence-electron chi connectivity index (χ3n) is 2.53. The SMILES string of the molecule is CC(=O)CCCCOC(=O)c1ccccc1C(=O)O. The van der Waals surface area contributed by atoms with E-state index in [1.54, 1.807) is 12.1 Å². The number of hydrogen-bond acceptors (Lipinski definition) is 4. The molecule has 0 aromatic heterocycles. The second kappa shape index (κ2) is 7.31. The Bertz CT molecular complexity index is 478. The van der Waals surface area contributed by atoms with Gasteiger partial charge in [0, 0.05) is 6.42 Å². The van der Waals surface area contributed by atoms with Crippen molar-refractivity contribution >= 4 is 17.7 Å². The van der Waals surface area contributed by atoms with Gasteiger partial charge in [0.2, 0.25) is 0 Å². The number of carbonyl (C=O) groups excluding carboxylic acids is 2. The molecule has 5 heteroatoms. The maximum absolute atomic E-state index is 11.7.